The first kappa shape index (κ1) is 15.7. The highest BCUT2D eigenvalue weighted by molar-refractivity contribution is 7.99. The minimum Gasteiger partial charge on any atom is -0.396 e. The minimum absolute atomic E-state index is 0.0804. The van der Waals surface area contributed by atoms with Crippen LogP contribution in [0.15, 0.2) is 16.3 Å². The van der Waals surface area contributed by atoms with Gasteiger partial charge >= 0.3 is 0 Å². The van der Waals surface area contributed by atoms with Crippen molar-refractivity contribution < 1.29 is 18.7 Å². The van der Waals surface area contributed by atoms with Crippen molar-refractivity contribution in [1.82, 2.24) is 5.32 Å². The molecule has 0 bridgehead atoms. The van der Waals surface area contributed by atoms with Crippen LogP contribution in [0.2, 0.25) is 0 Å². The number of hydrogen-bond donors (Lipinski definition) is 2. The van der Waals surface area contributed by atoms with Gasteiger partial charge < -0.3 is 10.4 Å². The number of carbonyl (C=O) groups is 1. The van der Waals surface area contributed by atoms with Crippen molar-refractivity contribution >= 4 is 29.0 Å². The summed E-state index contributed by atoms with van der Waals surface area (Å²) in [6.07, 6.45) is 3.45. The van der Waals surface area contributed by atoms with Crippen molar-refractivity contribution in [2.24, 2.45) is 5.92 Å². The predicted molar refractivity (Wildman–Crippen MR) is 76.5 cm³/mol. The van der Waals surface area contributed by atoms with Crippen LogP contribution < -0.4 is 5.32 Å². The molecule has 2 rings (SSSR count). The summed E-state index contributed by atoms with van der Waals surface area (Å²) in [4.78, 5) is 12.8. The largest absolute Gasteiger partial charge is 0.396 e. The van der Waals surface area contributed by atoms with Gasteiger partial charge in [-0.25, -0.2) is 0 Å². The van der Waals surface area contributed by atoms with Gasteiger partial charge in [0.1, 0.15) is 4.88 Å². The molecule has 1 aromatic rings. The number of aliphatic hydroxyl groups is 1. The van der Waals surface area contributed by atoms with Crippen LogP contribution in [0, 0.1) is 5.92 Å². The molecule has 2 N–H and O–H groups in total. The number of thiophene rings is 1. The molecule has 1 fully saturated rings. The average Bonchev–Trinajstić information content (AvgIpc) is 2.87. The third-order valence-electron chi connectivity index (χ3n) is 3.49. The second-order valence-electron chi connectivity index (χ2n) is 4.87. The van der Waals surface area contributed by atoms with Crippen LogP contribution in [0.4, 0.5) is 8.78 Å². The summed E-state index contributed by atoms with van der Waals surface area (Å²) in [5, 5.41) is 13.6. The Hall–Kier alpha value is -0.660. The first-order valence-electron chi connectivity index (χ1n) is 6.54. The number of halogens is 2. The lowest BCUT2D eigenvalue weighted by Crippen LogP contribution is -2.37. The molecule has 1 saturated carbocycles. The number of nitrogens with one attached hydrogen (secondary N) is 1. The van der Waals surface area contributed by atoms with Crippen LogP contribution in [0.25, 0.3) is 0 Å². The smallest absolute Gasteiger partial charge is 0.288 e. The molecule has 1 aliphatic rings. The maximum absolute atomic E-state index is 12.4. The average molecular weight is 321 g/mol. The number of thioether (sulfide) groups is 1. The van der Waals surface area contributed by atoms with Crippen LogP contribution in [0.5, 0.6) is 0 Å². The van der Waals surface area contributed by atoms with E-state index < -0.39 is 5.76 Å². The van der Waals surface area contributed by atoms with Gasteiger partial charge in [-0.1, -0.05) is 11.8 Å². The normalized spacial score (nSPS) is 23.0. The molecular formula is C13H17F2NO2S2. The Morgan fingerprint density at radius 3 is 2.75 bits per heavy atom. The summed E-state index contributed by atoms with van der Waals surface area (Å²) in [6.45, 7) is 0.195. The number of alkyl halides is 2. The Balaban J connectivity index is 1.90. The van der Waals surface area contributed by atoms with E-state index in [0.717, 1.165) is 25.7 Å². The van der Waals surface area contributed by atoms with E-state index in [0.29, 0.717) is 27.5 Å². The molecule has 112 valence electrons. The molecule has 1 aromatic heterocycles. The molecular weight excluding hydrogens is 304 g/mol. The highest BCUT2D eigenvalue weighted by atomic mass is 32.2. The summed E-state index contributed by atoms with van der Waals surface area (Å²) in [5.41, 5.74) is 0. The van der Waals surface area contributed by atoms with Gasteiger partial charge in [0, 0.05) is 17.5 Å². The SMILES string of the molecule is O=C(NC1CCC(CO)CC1)c1sccc1SC(F)F. The summed E-state index contributed by atoms with van der Waals surface area (Å²) in [6, 6.07) is 1.64. The Labute approximate surface area is 124 Å². The van der Waals surface area contributed by atoms with E-state index in [9.17, 15) is 13.6 Å². The zero-order valence-electron chi connectivity index (χ0n) is 10.9. The molecule has 20 heavy (non-hydrogen) atoms. The summed E-state index contributed by atoms with van der Waals surface area (Å²) in [7, 11) is 0. The van der Waals surface area contributed by atoms with Crippen molar-refractivity contribution in [2.45, 2.75) is 42.4 Å². The standard InChI is InChI=1S/C13H17F2NO2S2/c14-13(15)20-10-5-6-19-11(10)12(18)16-9-3-1-8(7-17)2-4-9/h5-6,8-9,13,17H,1-4,7H2,(H,16,18). The maximum atomic E-state index is 12.4. The quantitative estimate of drug-likeness (QED) is 0.818. The Bertz CT molecular complexity index is 445. The zero-order chi connectivity index (χ0) is 14.5. The van der Waals surface area contributed by atoms with Gasteiger partial charge in [0.25, 0.3) is 11.7 Å². The Morgan fingerprint density at radius 2 is 2.15 bits per heavy atom. The van der Waals surface area contributed by atoms with E-state index in [-0.39, 0.29) is 18.6 Å². The van der Waals surface area contributed by atoms with Crippen molar-refractivity contribution in [1.29, 1.82) is 0 Å². The summed E-state index contributed by atoms with van der Waals surface area (Å²) in [5.74, 6) is -2.46. The van der Waals surface area contributed by atoms with E-state index in [2.05, 4.69) is 5.32 Å². The van der Waals surface area contributed by atoms with Crippen LogP contribution in [-0.2, 0) is 0 Å². The number of rotatable bonds is 5. The first-order valence-corrected chi connectivity index (χ1v) is 8.30. The lowest BCUT2D eigenvalue weighted by atomic mass is 9.86. The third-order valence-corrected chi connectivity index (χ3v) is 5.31. The van der Waals surface area contributed by atoms with Crippen molar-refractivity contribution in [3.8, 4) is 0 Å². The molecule has 0 aromatic carbocycles. The van der Waals surface area contributed by atoms with E-state index >= 15 is 0 Å². The summed E-state index contributed by atoms with van der Waals surface area (Å²) < 4.78 is 24.8. The van der Waals surface area contributed by atoms with Gasteiger partial charge in [0.15, 0.2) is 0 Å². The second-order valence-corrected chi connectivity index (χ2v) is 6.81. The monoisotopic (exact) mass is 321 g/mol. The van der Waals surface area contributed by atoms with Gasteiger partial charge in [-0.05, 0) is 43.0 Å². The van der Waals surface area contributed by atoms with Crippen LogP contribution in [0.3, 0.4) is 0 Å². The molecule has 0 atom stereocenters. The Kier molecular flexibility index (Phi) is 5.80. The van der Waals surface area contributed by atoms with Gasteiger partial charge in [0.2, 0.25) is 0 Å². The first-order chi connectivity index (χ1) is 9.60. The topological polar surface area (TPSA) is 49.3 Å². The lowest BCUT2D eigenvalue weighted by Gasteiger charge is -2.27. The van der Waals surface area contributed by atoms with E-state index in [1.807, 2.05) is 0 Å². The fourth-order valence-electron chi connectivity index (χ4n) is 2.39. The minimum atomic E-state index is -2.52. The molecule has 7 heteroatoms. The van der Waals surface area contributed by atoms with E-state index in [1.165, 1.54) is 11.3 Å². The van der Waals surface area contributed by atoms with Crippen LogP contribution in [-0.4, -0.2) is 29.4 Å². The van der Waals surface area contributed by atoms with Gasteiger partial charge in [-0.3, -0.25) is 4.79 Å². The van der Waals surface area contributed by atoms with Gasteiger partial charge in [-0.15, -0.1) is 11.3 Å². The predicted octanol–water partition coefficient (Wildman–Crippen LogP) is 3.34. The molecule has 1 amide bonds. The third kappa shape index (κ3) is 4.17. The molecule has 0 saturated heterocycles. The molecule has 0 spiro atoms. The molecule has 1 aliphatic carbocycles. The fraction of sp³-hybridized carbons (Fsp3) is 0.615. The van der Waals surface area contributed by atoms with Crippen molar-refractivity contribution in [2.75, 3.05) is 6.61 Å². The molecule has 3 nitrogen and oxygen atoms in total. The van der Waals surface area contributed by atoms with Crippen molar-refractivity contribution in [3.05, 3.63) is 16.3 Å². The highest BCUT2D eigenvalue weighted by Crippen LogP contribution is 2.32. The van der Waals surface area contributed by atoms with E-state index in [1.54, 1.807) is 11.4 Å². The van der Waals surface area contributed by atoms with Gasteiger partial charge in [0.05, 0.1) is 0 Å². The second kappa shape index (κ2) is 7.38. The molecule has 0 radical (unpaired) electrons. The number of amides is 1. The van der Waals surface area contributed by atoms with Crippen LogP contribution >= 0.6 is 23.1 Å². The number of carbonyl (C=O) groups excluding carboxylic acids is 1. The molecule has 0 aliphatic heterocycles. The number of aliphatic hydroxyl groups excluding tert-OH is 1. The highest BCUT2D eigenvalue weighted by Gasteiger charge is 2.24. The summed E-state index contributed by atoms with van der Waals surface area (Å²) >= 11 is 1.60. The Morgan fingerprint density at radius 1 is 1.45 bits per heavy atom. The zero-order valence-corrected chi connectivity index (χ0v) is 12.5. The van der Waals surface area contributed by atoms with Crippen molar-refractivity contribution in [3.63, 3.8) is 0 Å². The molecule has 0 unspecified atom stereocenters. The van der Waals surface area contributed by atoms with E-state index in [4.69, 9.17) is 5.11 Å². The van der Waals surface area contributed by atoms with Crippen LogP contribution in [0.1, 0.15) is 35.4 Å². The molecule has 1 heterocycles. The number of hydrogen-bond acceptors (Lipinski definition) is 4. The lowest BCUT2D eigenvalue weighted by molar-refractivity contribution is 0.0915. The van der Waals surface area contributed by atoms with Gasteiger partial charge in [-0.2, -0.15) is 8.78 Å². The fourth-order valence-corrected chi connectivity index (χ4v) is 4.00. The maximum Gasteiger partial charge on any atom is 0.288 e.